The first-order valence-corrected chi connectivity index (χ1v) is 8.86. The molecule has 2 fully saturated rings. The Hall–Kier alpha value is -1.56. The molecule has 2 aliphatic rings. The van der Waals surface area contributed by atoms with Gasteiger partial charge in [0.1, 0.15) is 5.75 Å². The number of hydrogen-bond donors (Lipinski definition) is 2. The quantitative estimate of drug-likeness (QED) is 0.908. The molecule has 1 unspecified atom stereocenters. The Morgan fingerprint density at radius 3 is 2.96 bits per heavy atom. The highest BCUT2D eigenvalue weighted by atomic mass is 16.5. The number of fused-ring (bicyclic) bond motifs is 1. The first-order valence-electron chi connectivity index (χ1n) is 8.86. The van der Waals surface area contributed by atoms with Crippen molar-refractivity contribution in [2.75, 3.05) is 26.8 Å². The molecule has 1 aromatic carbocycles. The maximum absolute atomic E-state index is 9.96. The van der Waals surface area contributed by atoms with Crippen molar-refractivity contribution in [1.29, 1.82) is 0 Å². The van der Waals surface area contributed by atoms with Crippen LogP contribution in [0.4, 0.5) is 0 Å². The van der Waals surface area contributed by atoms with E-state index in [9.17, 15) is 5.11 Å². The third-order valence-electron chi connectivity index (χ3n) is 5.60. The van der Waals surface area contributed by atoms with E-state index in [1.807, 2.05) is 6.07 Å². The molecule has 1 aromatic heterocycles. The van der Waals surface area contributed by atoms with Crippen LogP contribution in [0.2, 0.25) is 0 Å². The van der Waals surface area contributed by atoms with Gasteiger partial charge in [-0.2, -0.15) is 0 Å². The number of methoxy groups -OCH3 is 1. The molecule has 1 spiro atoms. The lowest BCUT2D eigenvalue weighted by Crippen LogP contribution is -2.50. The number of rotatable bonds is 3. The minimum atomic E-state index is -0.189. The van der Waals surface area contributed by atoms with Gasteiger partial charge in [0, 0.05) is 49.8 Å². The van der Waals surface area contributed by atoms with Gasteiger partial charge in [-0.1, -0.05) is 0 Å². The molecule has 0 radical (unpaired) electrons. The number of nitrogens with zero attached hydrogens (tertiary/aromatic N) is 1. The summed E-state index contributed by atoms with van der Waals surface area (Å²) in [6.45, 7) is 3.67. The molecule has 2 aromatic rings. The normalized spacial score (nSPS) is 24.5. The average Bonchev–Trinajstić information content (AvgIpc) is 2.99. The molecule has 1 atom stereocenters. The number of aliphatic hydroxyl groups excluding tert-OH is 1. The second-order valence-corrected chi connectivity index (χ2v) is 7.18. The van der Waals surface area contributed by atoms with Gasteiger partial charge in [-0.05, 0) is 43.0 Å². The summed E-state index contributed by atoms with van der Waals surface area (Å²) in [6, 6.07) is 6.16. The van der Waals surface area contributed by atoms with Crippen LogP contribution in [0.15, 0.2) is 24.4 Å². The standard InChI is InChI=1S/C19H26N2O3/c1-23-16-2-3-18-17(10-16)14(12-20-18)13-21-7-5-19(6-8-21)11-15(22)4-9-24-19/h2-3,10,12,15,20,22H,4-9,11,13H2,1H3. The maximum atomic E-state index is 9.96. The van der Waals surface area contributed by atoms with Crippen LogP contribution in [0.25, 0.3) is 10.9 Å². The van der Waals surface area contributed by atoms with Crippen molar-refractivity contribution in [3.8, 4) is 5.75 Å². The number of H-pyrrole nitrogens is 1. The molecule has 2 N–H and O–H groups in total. The Bertz CT molecular complexity index is 704. The smallest absolute Gasteiger partial charge is 0.119 e. The van der Waals surface area contributed by atoms with Gasteiger partial charge >= 0.3 is 0 Å². The number of piperidine rings is 1. The molecule has 4 rings (SSSR count). The number of hydrogen-bond acceptors (Lipinski definition) is 4. The van der Waals surface area contributed by atoms with E-state index in [1.165, 1.54) is 10.9 Å². The zero-order chi connectivity index (χ0) is 16.6. The Balaban J connectivity index is 1.44. The molecule has 0 bridgehead atoms. The summed E-state index contributed by atoms with van der Waals surface area (Å²) in [6.07, 6.45) is 5.51. The van der Waals surface area contributed by atoms with E-state index in [0.717, 1.165) is 56.6 Å². The minimum Gasteiger partial charge on any atom is -0.497 e. The molecule has 0 saturated carbocycles. The lowest BCUT2D eigenvalue weighted by atomic mass is 9.83. The third-order valence-corrected chi connectivity index (χ3v) is 5.60. The highest BCUT2D eigenvalue weighted by Crippen LogP contribution is 2.35. The van der Waals surface area contributed by atoms with E-state index in [-0.39, 0.29) is 11.7 Å². The largest absolute Gasteiger partial charge is 0.497 e. The van der Waals surface area contributed by atoms with Gasteiger partial charge in [-0.3, -0.25) is 4.90 Å². The van der Waals surface area contributed by atoms with Crippen molar-refractivity contribution in [3.05, 3.63) is 30.0 Å². The van der Waals surface area contributed by atoms with Crippen molar-refractivity contribution in [2.45, 2.75) is 43.9 Å². The lowest BCUT2D eigenvalue weighted by Gasteiger charge is -2.45. The Kier molecular flexibility index (Phi) is 4.24. The molecule has 0 amide bonds. The van der Waals surface area contributed by atoms with Crippen LogP contribution in [0, 0.1) is 0 Å². The van der Waals surface area contributed by atoms with Gasteiger partial charge < -0.3 is 19.6 Å². The second kappa shape index (κ2) is 6.39. The number of benzene rings is 1. The average molecular weight is 330 g/mol. The third kappa shape index (κ3) is 3.04. The van der Waals surface area contributed by atoms with Gasteiger partial charge in [-0.25, -0.2) is 0 Å². The first-order chi connectivity index (χ1) is 11.7. The van der Waals surface area contributed by atoms with E-state index in [2.05, 4.69) is 28.2 Å². The molecule has 0 aliphatic carbocycles. The number of aromatic amines is 1. The summed E-state index contributed by atoms with van der Waals surface area (Å²) in [4.78, 5) is 5.84. The topological polar surface area (TPSA) is 57.7 Å². The van der Waals surface area contributed by atoms with Gasteiger partial charge in [0.15, 0.2) is 0 Å². The van der Waals surface area contributed by atoms with Crippen LogP contribution in [-0.2, 0) is 11.3 Å². The van der Waals surface area contributed by atoms with Gasteiger partial charge in [0.05, 0.1) is 18.8 Å². The highest BCUT2D eigenvalue weighted by Gasteiger charge is 2.39. The van der Waals surface area contributed by atoms with E-state index >= 15 is 0 Å². The van der Waals surface area contributed by atoms with Crippen LogP contribution < -0.4 is 4.74 Å². The molecule has 2 aliphatic heterocycles. The minimum absolute atomic E-state index is 0.0857. The molecule has 5 nitrogen and oxygen atoms in total. The number of ether oxygens (including phenoxy) is 2. The number of likely N-dealkylation sites (tertiary alicyclic amines) is 1. The number of aromatic nitrogens is 1. The van der Waals surface area contributed by atoms with Crippen molar-refractivity contribution >= 4 is 10.9 Å². The second-order valence-electron chi connectivity index (χ2n) is 7.18. The van der Waals surface area contributed by atoms with E-state index in [1.54, 1.807) is 7.11 Å². The van der Waals surface area contributed by atoms with Gasteiger partial charge in [0.25, 0.3) is 0 Å². The molecule has 3 heterocycles. The summed E-state index contributed by atoms with van der Waals surface area (Å²) in [5, 5.41) is 11.2. The predicted molar refractivity (Wildman–Crippen MR) is 93.3 cm³/mol. The maximum Gasteiger partial charge on any atom is 0.119 e. The molecular weight excluding hydrogens is 304 g/mol. The van der Waals surface area contributed by atoms with Gasteiger partial charge in [-0.15, -0.1) is 0 Å². The van der Waals surface area contributed by atoms with Gasteiger partial charge in [0.2, 0.25) is 0 Å². The van der Waals surface area contributed by atoms with Crippen LogP contribution >= 0.6 is 0 Å². The van der Waals surface area contributed by atoms with Crippen LogP contribution in [0.1, 0.15) is 31.2 Å². The Morgan fingerprint density at radius 2 is 2.21 bits per heavy atom. The highest BCUT2D eigenvalue weighted by molar-refractivity contribution is 5.84. The molecule has 2 saturated heterocycles. The molecule has 130 valence electrons. The number of aliphatic hydroxyl groups is 1. The summed E-state index contributed by atoms with van der Waals surface area (Å²) < 4.78 is 11.4. The Labute approximate surface area is 142 Å². The van der Waals surface area contributed by atoms with Crippen molar-refractivity contribution < 1.29 is 14.6 Å². The fourth-order valence-electron chi connectivity index (χ4n) is 4.13. The molecule has 24 heavy (non-hydrogen) atoms. The van der Waals surface area contributed by atoms with Crippen LogP contribution in [0.5, 0.6) is 5.75 Å². The van der Waals surface area contributed by atoms with E-state index < -0.39 is 0 Å². The SMILES string of the molecule is COc1ccc2[nH]cc(CN3CCC4(CC3)CC(O)CCO4)c2c1. The van der Waals surface area contributed by atoms with E-state index in [0.29, 0.717) is 6.61 Å². The molecular formula is C19H26N2O3. The number of nitrogens with one attached hydrogen (secondary N) is 1. The first kappa shape index (κ1) is 15.9. The molecule has 5 heteroatoms. The fourth-order valence-corrected chi connectivity index (χ4v) is 4.13. The zero-order valence-corrected chi connectivity index (χ0v) is 14.3. The summed E-state index contributed by atoms with van der Waals surface area (Å²) in [7, 11) is 1.70. The zero-order valence-electron chi connectivity index (χ0n) is 14.3. The van der Waals surface area contributed by atoms with Crippen LogP contribution in [0.3, 0.4) is 0 Å². The summed E-state index contributed by atoms with van der Waals surface area (Å²) >= 11 is 0. The van der Waals surface area contributed by atoms with Crippen molar-refractivity contribution in [1.82, 2.24) is 9.88 Å². The van der Waals surface area contributed by atoms with Crippen LogP contribution in [-0.4, -0.2) is 53.5 Å². The monoisotopic (exact) mass is 330 g/mol. The lowest BCUT2D eigenvalue weighted by molar-refractivity contribution is -0.143. The van der Waals surface area contributed by atoms with Crippen molar-refractivity contribution in [2.24, 2.45) is 0 Å². The van der Waals surface area contributed by atoms with E-state index in [4.69, 9.17) is 9.47 Å². The fraction of sp³-hybridized carbons (Fsp3) is 0.579. The van der Waals surface area contributed by atoms with Crippen molar-refractivity contribution in [3.63, 3.8) is 0 Å². The summed E-state index contributed by atoms with van der Waals surface area (Å²) in [5.74, 6) is 0.894. The Morgan fingerprint density at radius 1 is 1.38 bits per heavy atom. The predicted octanol–water partition coefficient (Wildman–Crippen LogP) is 2.68. The summed E-state index contributed by atoms with van der Waals surface area (Å²) in [5.41, 5.74) is 2.37.